The van der Waals surface area contributed by atoms with Crippen molar-refractivity contribution in [3.63, 3.8) is 0 Å². The Bertz CT molecular complexity index is 982. The van der Waals surface area contributed by atoms with Gasteiger partial charge in [0.2, 0.25) is 0 Å². The Morgan fingerprint density at radius 1 is 1.34 bits per heavy atom. The van der Waals surface area contributed by atoms with Crippen LogP contribution in [0.2, 0.25) is 0 Å². The molecule has 0 radical (unpaired) electrons. The summed E-state index contributed by atoms with van der Waals surface area (Å²) in [5.41, 5.74) is 2.48. The number of benzene rings is 1. The van der Waals surface area contributed by atoms with Crippen molar-refractivity contribution in [2.45, 2.75) is 19.9 Å². The lowest BCUT2D eigenvalue weighted by Crippen LogP contribution is -2.30. The molecule has 0 spiro atoms. The van der Waals surface area contributed by atoms with E-state index in [4.69, 9.17) is 17.0 Å². The molecule has 0 aliphatic carbocycles. The number of rotatable bonds is 7. The zero-order valence-electron chi connectivity index (χ0n) is 16.1. The summed E-state index contributed by atoms with van der Waals surface area (Å²) >= 11 is 10.3. The normalized spacial score (nSPS) is 10.6. The molecule has 6 nitrogen and oxygen atoms in total. The number of aromatic nitrogens is 2. The monoisotopic (exact) mass is 492 g/mol. The van der Waals surface area contributed by atoms with Crippen LogP contribution in [-0.4, -0.2) is 34.5 Å². The highest BCUT2D eigenvalue weighted by Crippen LogP contribution is 2.35. The molecule has 0 amide bonds. The van der Waals surface area contributed by atoms with Crippen LogP contribution >= 0.6 is 39.5 Å². The fourth-order valence-corrected chi connectivity index (χ4v) is 4.33. The smallest absolute Gasteiger partial charge is 0.340 e. The van der Waals surface area contributed by atoms with E-state index in [1.807, 2.05) is 54.2 Å². The predicted molar refractivity (Wildman–Crippen MR) is 125 cm³/mol. The van der Waals surface area contributed by atoms with Gasteiger partial charge in [-0.3, -0.25) is 4.68 Å². The summed E-state index contributed by atoms with van der Waals surface area (Å²) in [6.07, 6.45) is 2.82. The first-order valence-electron chi connectivity index (χ1n) is 9.00. The first-order valence-corrected chi connectivity index (χ1v) is 11.0. The van der Waals surface area contributed by atoms with Crippen molar-refractivity contribution < 1.29 is 9.53 Å². The zero-order valence-corrected chi connectivity index (χ0v) is 19.3. The lowest BCUT2D eigenvalue weighted by molar-refractivity contribution is 0.0602. The number of hydrogen-bond donors (Lipinski definition) is 2. The third-order valence-electron chi connectivity index (χ3n) is 4.16. The number of methoxy groups -OCH3 is 1. The van der Waals surface area contributed by atoms with Crippen molar-refractivity contribution in [3.05, 3.63) is 58.3 Å². The van der Waals surface area contributed by atoms with Crippen molar-refractivity contribution >= 4 is 55.6 Å². The zero-order chi connectivity index (χ0) is 20.8. The van der Waals surface area contributed by atoms with Crippen molar-refractivity contribution in [1.82, 2.24) is 15.1 Å². The highest BCUT2D eigenvalue weighted by atomic mass is 79.9. The number of thiophene rings is 1. The molecule has 3 aromatic rings. The van der Waals surface area contributed by atoms with Crippen LogP contribution in [0.4, 0.5) is 5.00 Å². The molecule has 0 fully saturated rings. The number of carbonyl (C=O) groups is 1. The van der Waals surface area contributed by atoms with Crippen LogP contribution in [0.5, 0.6) is 0 Å². The van der Waals surface area contributed by atoms with Gasteiger partial charge in [-0.05, 0) is 53.1 Å². The second-order valence-electron chi connectivity index (χ2n) is 6.27. The average molecular weight is 493 g/mol. The van der Waals surface area contributed by atoms with E-state index in [-0.39, 0.29) is 0 Å². The summed E-state index contributed by atoms with van der Waals surface area (Å²) in [5.74, 6) is -0.395. The second-order valence-corrected chi connectivity index (χ2v) is 8.59. The Kier molecular flexibility index (Phi) is 7.40. The average Bonchev–Trinajstić information content (AvgIpc) is 3.28. The number of nitrogens with one attached hydrogen (secondary N) is 2. The van der Waals surface area contributed by atoms with Gasteiger partial charge in [-0.1, -0.05) is 30.3 Å². The number of hydrogen-bond acceptors (Lipinski definition) is 5. The van der Waals surface area contributed by atoms with Crippen LogP contribution in [0.25, 0.3) is 10.4 Å². The van der Waals surface area contributed by atoms with Crippen molar-refractivity contribution in [1.29, 1.82) is 0 Å². The largest absolute Gasteiger partial charge is 0.465 e. The molecule has 0 saturated carbocycles. The third kappa shape index (κ3) is 5.65. The maximum Gasteiger partial charge on any atom is 0.340 e. The molecule has 0 bridgehead atoms. The first kappa shape index (κ1) is 21.5. The Labute approximate surface area is 187 Å². The number of thiocarbonyl (C=S) groups is 1. The molecule has 2 heterocycles. The Balaban J connectivity index is 1.60. The van der Waals surface area contributed by atoms with E-state index in [2.05, 4.69) is 31.7 Å². The second kappa shape index (κ2) is 10.00. The fourth-order valence-electron chi connectivity index (χ4n) is 2.69. The van der Waals surface area contributed by atoms with Crippen molar-refractivity contribution in [2.75, 3.05) is 19.0 Å². The molecular weight excluding hydrogens is 472 g/mol. The van der Waals surface area contributed by atoms with E-state index in [0.29, 0.717) is 22.2 Å². The molecule has 152 valence electrons. The van der Waals surface area contributed by atoms with Gasteiger partial charge in [0.1, 0.15) is 5.00 Å². The molecule has 2 N–H and O–H groups in total. The van der Waals surface area contributed by atoms with Gasteiger partial charge in [0.05, 0.1) is 22.8 Å². The van der Waals surface area contributed by atoms with Crippen molar-refractivity contribution in [2.24, 2.45) is 0 Å². The number of halogens is 1. The molecular formula is C20H21BrN4O2S2. The van der Waals surface area contributed by atoms with Crippen LogP contribution in [0.15, 0.2) is 47.1 Å². The van der Waals surface area contributed by atoms with Gasteiger partial charge in [-0.25, -0.2) is 4.79 Å². The molecule has 1 aromatic carbocycles. The minimum atomic E-state index is -0.395. The van der Waals surface area contributed by atoms with E-state index >= 15 is 0 Å². The number of anilines is 1. The summed E-state index contributed by atoms with van der Waals surface area (Å²) in [6.45, 7) is 3.43. The van der Waals surface area contributed by atoms with Gasteiger partial charge < -0.3 is 15.4 Å². The van der Waals surface area contributed by atoms with E-state index in [1.54, 1.807) is 0 Å². The SMILES string of the molecule is COC(=O)c1cc(-c2ccccc2)sc1NC(=S)NCCCn1cc(Br)c(C)n1. The molecule has 0 atom stereocenters. The van der Waals surface area contributed by atoms with E-state index in [0.717, 1.165) is 33.6 Å². The summed E-state index contributed by atoms with van der Waals surface area (Å²) in [4.78, 5) is 13.1. The summed E-state index contributed by atoms with van der Waals surface area (Å²) in [7, 11) is 1.37. The van der Waals surface area contributed by atoms with Crippen LogP contribution in [0.1, 0.15) is 22.5 Å². The highest BCUT2D eigenvalue weighted by Gasteiger charge is 2.18. The lowest BCUT2D eigenvalue weighted by atomic mass is 10.1. The van der Waals surface area contributed by atoms with Crippen LogP contribution in [0, 0.1) is 6.92 Å². The van der Waals surface area contributed by atoms with Gasteiger partial charge in [0, 0.05) is 24.2 Å². The maximum atomic E-state index is 12.2. The van der Waals surface area contributed by atoms with E-state index in [9.17, 15) is 4.79 Å². The number of ether oxygens (including phenoxy) is 1. The number of carbonyl (C=O) groups excluding carboxylic acids is 1. The minimum absolute atomic E-state index is 0.395. The lowest BCUT2D eigenvalue weighted by Gasteiger charge is -2.10. The van der Waals surface area contributed by atoms with Gasteiger partial charge in [0.25, 0.3) is 0 Å². The summed E-state index contributed by atoms with van der Waals surface area (Å²) in [6, 6.07) is 11.7. The minimum Gasteiger partial charge on any atom is -0.465 e. The van der Waals surface area contributed by atoms with Gasteiger partial charge in [-0.2, -0.15) is 5.10 Å². The molecule has 0 saturated heterocycles. The molecule has 0 unspecified atom stereocenters. The fraction of sp³-hybridized carbons (Fsp3) is 0.250. The first-order chi connectivity index (χ1) is 14.0. The molecule has 0 aliphatic rings. The Morgan fingerprint density at radius 3 is 2.76 bits per heavy atom. The topological polar surface area (TPSA) is 68.2 Å². The van der Waals surface area contributed by atoms with Gasteiger partial charge >= 0.3 is 5.97 Å². The van der Waals surface area contributed by atoms with E-state index in [1.165, 1.54) is 18.4 Å². The van der Waals surface area contributed by atoms with Crippen LogP contribution in [-0.2, 0) is 11.3 Å². The summed E-state index contributed by atoms with van der Waals surface area (Å²) in [5, 5.41) is 11.9. The number of esters is 1. The standard InChI is InChI=1S/C20H21BrN4O2S2/c1-13-16(21)12-25(24-13)10-6-9-22-20(28)23-18-15(19(26)27-2)11-17(29-18)14-7-4-3-5-8-14/h3-5,7-8,11-12H,6,9-10H2,1-2H3,(H2,22,23,28). The molecule has 9 heteroatoms. The predicted octanol–water partition coefficient (Wildman–Crippen LogP) is 4.85. The number of nitrogens with zero attached hydrogens (tertiary/aromatic N) is 2. The van der Waals surface area contributed by atoms with Gasteiger partial charge in [0.15, 0.2) is 5.11 Å². The third-order valence-corrected chi connectivity index (χ3v) is 6.28. The quantitative estimate of drug-likeness (QED) is 0.279. The molecule has 2 aromatic heterocycles. The highest BCUT2D eigenvalue weighted by molar-refractivity contribution is 9.10. The molecule has 3 rings (SSSR count). The van der Waals surface area contributed by atoms with Crippen LogP contribution < -0.4 is 10.6 Å². The van der Waals surface area contributed by atoms with Crippen LogP contribution in [0.3, 0.4) is 0 Å². The maximum absolute atomic E-state index is 12.2. The summed E-state index contributed by atoms with van der Waals surface area (Å²) < 4.78 is 7.82. The Hall–Kier alpha value is -2.23. The van der Waals surface area contributed by atoms with Gasteiger partial charge in [-0.15, -0.1) is 11.3 Å². The Morgan fingerprint density at radius 2 is 2.10 bits per heavy atom. The van der Waals surface area contributed by atoms with Crippen molar-refractivity contribution in [3.8, 4) is 10.4 Å². The molecule has 29 heavy (non-hydrogen) atoms. The number of aryl methyl sites for hydroxylation is 2. The van der Waals surface area contributed by atoms with E-state index < -0.39 is 5.97 Å². The molecule has 0 aliphatic heterocycles.